The first kappa shape index (κ1) is 12.0. The van der Waals surface area contributed by atoms with Crippen molar-refractivity contribution in [1.29, 1.82) is 0 Å². The molecule has 0 aromatic heterocycles. The second-order valence-corrected chi connectivity index (χ2v) is 4.66. The van der Waals surface area contributed by atoms with Crippen molar-refractivity contribution >= 4 is 11.9 Å². The first-order chi connectivity index (χ1) is 6.97. The Morgan fingerprint density at radius 3 is 2.40 bits per heavy atom. The lowest BCUT2D eigenvalue weighted by Crippen LogP contribution is -2.36. The Labute approximate surface area is 91.0 Å². The maximum Gasteiger partial charge on any atom is 0.324 e. The number of carbonyl (C=O) groups is 2. The maximum atomic E-state index is 11.9. The van der Waals surface area contributed by atoms with Crippen molar-refractivity contribution in [3.05, 3.63) is 0 Å². The molecule has 0 radical (unpaired) electrons. The quantitative estimate of drug-likeness (QED) is 0.720. The molecule has 1 heterocycles. The van der Waals surface area contributed by atoms with E-state index in [2.05, 4.69) is 5.32 Å². The van der Waals surface area contributed by atoms with Crippen LogP contribution in [0.1, 0.15) is 34.1 Å². The van der Waals surface area contributed by atoms with E-state index in [1.165, 1.54) is 4.90 Å². The fourth-order valence-corrected chi connectivity index (χ4v) is 1.70. The zero-order valence-corrected chi connectivity index (χ0v) is 9.91. The molecule has 0 saturated carbocycles. The van der Waals surface area contributed by atoms with Gasteiger partial charge in [0.15, 0.2) is 0 Å². The van der Waals surface area contributed by atoms with Crippen molar-refractivity contribution in [1.82, 2.24) is 10.2 Å². The Balaban J connectivity index is 2.70. The molecule has 1 saturated heterocycles. The Morgan fingerprint density at radius 1 is 1.33 bits per heavy atom. The van der Waals surface area contributed by atoms with Gasteiger partial charge in [-0.15, -0.1) is 0 Å². The Hall–Kier alpha value is -1.06. The Kier molecular flexibility index (Phi) is 3.72. The van der Waals surface area contributed by atoms with Crippen LogP contribution in [-0.2, 0) is 4.79 Å². The smallest absolute Gasteiger partial charge is 0.324 e. The summed E-state index contributed by atoms with van der Waals surface area (Å²) in [6, 6.07) is -0.555. The number of imide groups is 1. The molecule has 1 N–H and O–H groups in total. The van der Waals surface area contributed by atoms with E-state index in [-0.39, 0.29) is 23.9 Å². The van der Waals surface area contributed by atoms with Crippen LogP contribution in [0.5, 0.6) is 0 Å². The third kappa shape index (κ3) is 2.49. The van der Waals surface area contributed by atoms with Crippen molar-refractivity contribution in [2.24, 2.45) is 11.8 Å². The molecule has 0 spiro atoms. The van der Waals surface area contributed by atoms with E-state index < -0.39 is 0 Å². The molecule has 1 aliphatic rings. The van der Waals surface area contributed by atoms with Crippen LogP contribution in [0.25, 0.3) is 0 Å². The van der Waals surface area contributed by atoms with Crippen LogP contribution in [0.3, 0.4) is 0 Å². The van der Waals surface area contributed by atoms with Gasteiger partial charge in [-0.2, -0.15) is 0 Å². The lowest BCUT2D eigenvalue weighted by atomic mass is 9.99. The van der Waals surface area contributed by atoms with Crippen LogP contribution >= 0.6 is 0 Å². The van der Waals surface area contributed by atoms with E-state index in [1.54, 1.807) is 0 Å². The van der Waals surface area contributed by atoms with Gasteiger partial charge < -0.3 is 5.32 Å². The fraction of sp³-hybridized carbons (Fsp3) is 0.818. The van der Waals surface area contributed by atoms with E-state index in [1.807, 2.05) is 27.7 Å². The Bertz CT molecular complexity index is 263. The third-order valence-corrected chi connectivity index (χ3v) is 2.82. The average Bonchev–Trinajstić information content (AvgIpc) is 2.44. The van der Waals surface area contributed by atoms with Crippen LogP contribution in [-0.4, -0.2) is 29.4 Å². The van der Waals surface area contributed by atoms with Gasteiger partial charge >= 0.3 is 6.03 Å². The molecule has 2 atom stereocenters. The highest BCUT2D eigenvalue weighted by Crippen LogP contribution is 2.17. The van der Waals surface area contributed by atoms with Crippen molar-refractivity contribution in [3.8, 4) is 0 Å². The van der Waals surface area contributed by atoms with Crippen LogP contribution in [0, 0.1) is 11.8 Å². The topological polar surface area (TPSA) is 49.4 Å². The first-order valence-corrected chi connectivity index (χ1v) is 5.59. The lowest BCUT2D eigenvalue weighted by molar-refractivity contribution is -0.128. The summed E-state index contributed by atoms with van der Waals surface area (Å²) >= 11 is 0. The number of hydrogen-bond donors (Lipinski definition) is 1. The predicted molar refractivity (Wildman–Crippen MR) is 58.3 cm³/mol. The van der Waals surface area contributed by atoms with Gasteiger partial charge in [0.25, 0.3) is 5.91 Å². The summed E-state index contributed by atoms with van der Waals surface area (Å²) in [5, 5.41) is 2.75. The van der Waals surface area contributed by atoms with E-state index in [0.717, 1.165) is 6.42 Å². The summed E-state index contributed by atoms with van der Waals surface area (Å²) in [5.41, 5.74) is 0. The van der Waals surface area contributed by atoms with Gasteiger partial charge in [-0.1, -0.05) is 34.1 Å². The van der Waals surface area contributed by atoms with E-state index in [9.17, 15) is 9.59 Å². The molecule has 3 amide bonds. The van der Waals surface area contributed by atoms with Gasteiger partial charge in [0.2, 0.25) is 0 Å². The van der Waals surface area contributed by atoms with Gasteiger partial charge in [-0.3, -0.25) is 9.69 Å². The van der Waals surface area contributed by atoms with Gasteiger partial charge in [0.1, 0.15) is 6.04 Å². The predicted octanol–water partition coefficient (Wildman–Crippen LogP) is 1.61. The van der Waals surface area contributed by atoms with E-state index >= 15 is 0 Å². The lowest BCUT2D eigenvalue weighted by Gasteiger charge is -2.17. The molecule has 0 unspecified atom stereocenters. The zero-order chi connectivity index (χ0) is 11.6. The third-order valence-electron chi connectivity index (χ3n) is 2.82. The summed E-state index contributed by atoms with van der Waals surface area (Å²) in [7, 11) is 0. The second-order valence-electron chi connectivity index (χ2n) is 4.66. The first-order valence-electron chi connectivity index (χ1n) is 5.59. The molecule has 15 heavy (non-hydrogen) atoms. The summed E-state index contributed by atoms with van der Waals surface area (Å²) < 4.78 is 0. The van der Waals surface area contributed by atoms with E-state index in [0.29, 0.717) is 12.5 Å². The van der Waals surface area contributed by atoms with Gasteiger partial charge in [-0.25, -0.2) is 4.79 Å². The second kappa shape index (κ2) is 4.64. The molecular weight excluding hydrogens is 192 g/mol. The van der Waals surface area contributed by atoms with Crippen molar-refractivity contribution < 1.29 is 9.59 Å². The summed E-state index contributed by atoms with van der Waals surface area (Å²) in [4.78, 5) is 24.8. The largest absolute Gasteiger partial charge is 0.326 e. The standard InChI is InChI=1S/C11H20N2O2/c1-5-8(4)9-10(14)13(6-7(2)3)11(15)12-9/h7-9H,5-6H2,1-4H3,(H,12,15)/t8-,9-/m1/s1. The monoisotopic (exact) mass is 212 g/mol. The van der Waals surface area contributed by atoms with Crippen LogP contribution in [0.15, 0.2) is 0 Å². The SMILES string of the molecule is CC[C@@H](C)[C@H]1NC(=O)N(CC(C)C)C1=O. The molecule has 0 bridgehead atoms. The average molecular weight is 212 g/mol. The number of hydrogen-bond acceptors (Lipinski definition) is 2. The summed E-state index contributed by atoms with van der Waals surface area (Å²) in [6.07, 6.45) is 0.895. The van der Waals surface area contributed by atoms with Gasteiger partial charge in [0, 0.05) is 6.54 Å². The highest BCUT2D eigenvalue weighted by molar-refractivity contribution is 6.04. The molecule has 4 heteroatoms. The molecular formula is C11H20N2O2. The number of urea groups is 1. The number of amides is 3. The van der Waals surface area contributed by atoms with Crippen LogP contribution < -0.4 is 5.32 Å². The fourth-order valence-electron chi connectivity index (χ4n) is 1.70. The minimum atomic E-state index is -0.318. The molecule has 0 aromatic rings. The number of nitrogens with one attached hydrogen (secondary N) is 1. The highest BCUT2D eigenvalue weighted by atomic mass is 16.2. The highest BCUT2D eigenvalue weighted by Gasteiger charge is 2.40. The molecule has 1 fully saturated rings. The summed E-state index contributed by atoms with van der Waals surface area (Å²) in [5.74, 6) is 0.456. The van der Waals surface area contributed by atoms with Crippen LogP contribution in [0.2, 0.25) is 0 Å². The minimum Gasteiger partial charge on any atom is -0.326 e. The molecule has 0 aromatic carbocycles. The summed E-state index contributed by atoms with van der Waals surface area (Å²) in [6.45, 7) is 8.52. The molecule has 1 rings (SSSR count). The van der Waals surface area contributed by atoms with Crippen LogP contribution in [0.4, 0.5) is 4.79 Å². The maximum absolute atomic E-state index is 11.9. The van der Waals surface area contributed by atoms with E-state index in [4.69, 9.17) is 0 Å². The Morgan fingerprint density at radius 2 is 1.93 bits per heavy atom. The minimum absolute atomic E-state index is 0.0666. The molecule has 4 nitrogen and oxygen atoms in total. The van der Waals surface area contributed by atoms with Crippen molar-refractivity contribution in [3.63, 3.8) is 0 Å². The number of rotatable bonds is 4. The number of carbonyl (C=O) groups excluding carboxylic acids is 2. The van der Waals surface area contributed by atoms with Gasteiger partial charge in [0.05, 0.1) is 0 Å². The van der Waals surface area contributed by atoms with Gasteiger partial charge in [-0.05, 0) is 11.8 Å². The normalized spacial score (nSPS) is 23.5. The molecule has 86 valence electrons. The van der Waals surface area contributed by atoms with Crippen molar-refractivity contribution in [2.75, 3.05) is 6.54 Å². The van der Waals surface area contributed by atoms with Crippen molar-refractivity contribution in [2.45, 2.75) is 40.2 Å². The zero-order valence-electron chi connectivity index (χ0n) is 9.91. The number of nitrogens with zero attached hydrogens (tertiary/aromatic N) is 1. The molecule has 0 aliphatic carbocycles. The molecule has 1 aliphatic heterocycles.